The van der Waals surface area contributed by atoms with E-state index in [4.69, 9.17) is 0 Å². The van der Waals surface area contributed by atoms with E-state index in [1.807, 2.05) is 6.07 Å². The molecule has 2 heterocycles. The number of benzene rings is 1. The van der Waals surface area contributed by atoms with Crippen LogP contribution in [0.2, 0.25) is 0 Å². The van der Waals surface area contributed by atoms with Crippen LogP contribution in [-0.4, -0.2) is 20.5 Å². The van der Waals surface area contributed by atoms with Gasteiger partial charge in [0.15, 0.2) is 5.78 Å². The molecule has 2 aromatic heterocycles. The first kappa shape index (κ1) is 14.9. The third-order valence-electron chi connectivity index (χ3n) is 4.31. The zero-order valence-corrected chi connectivity index (χ0v) is 12.8. The topological polar surface area (TPSA) is 47.8 Å². The lowest BCUT2D eigenvalue weighted by molar-refractivity contribution is -0.120. The fourth-order valence-corrected chi connectivity index (χ4v) is 2.78. The van der Waals surface area contributed by atoms with Gasteiger partial charge in [0.1, 0.15) is 12.1 Å². The van der Waals surface area contributed by atoms with Gasteiger partial charge < -0.3 is 0 Å². The fraction of sp³-hybridized carbons (Fsp3) is 0.278. The summed E-state index contributed by atoms with van der Waals surface area (Å²) in [6, 6.07) is 8.09. The van der Waals surface area contributed by atoms with Gasteiger partial charge in [-0.05, 0) is 30.5 Å². The second-order valence-electron chi connectivity index (χ2n) is 6.10. The van der Waals surface area contributed by atoms with Crippen LogP contribution in [0.15, 0.2) is 42.7 Å². The number of carbonyl (C=O) groups is 1. The van der Waals surface area contributed by atoms with Crippen molar-refractivity contribution in [2.75, 3.05) is 0 Å². The number of alkyl halides is 2. The Hall–Kier alpha value is -2.63. The molecule has 0 N–H and O–H groups in total. The Morgan fingerprint density at radius 2 is 2.04 bits per heavy atom. The molecule has 3 aromatic rings. The van der Waals surface area contributed by atoms with Gasteiger partial charge >= 0.3 is 0 Å². The molecule has 0 amide bonds. The first-order chi connectivity index (χ1) is 11.6. The minimum Gasteiger partial charge on any atom is -0.297 e. The Balaban J connectivity index is 1.71. The van der Waals surface area contributed by atoms with Gasteiger partial charge in [0.05, 0.1) is 11.7 Å². The van der Waals surface area contributed by atoms with Gasteiger partial charge in [0.2, 0.25) is 0 Å². The molecular weight excluding hydrogens is 312 g/mol. The predicted molar refractivity (Wildman–Crippen MR) is 85.7 cm³/mol. The number of hydrogen-bond donors (Lipinski definition) is 0. The minimum atomic E-state index is -2.51. The van der Waals surface area contributed by atoms with E-state index in [1.54, 1.807) is 29.2 Å². The van der Waals surface area contributed by atoms with Gasteiger partial charge in [-0.15, -0.1) is 0 Å². The largest absolute Gasteiger partial charge is 0.297 e. The number of pyridine rings is 1. The van der Waals surface area contributed by atoms with Gasteiger partial charge in [0, 0.05) is 23.2 Å². The van der Waals surface area contributed by atoms with Crippen molar-refractivity contribution in [2.45, 2.75) is 25.8 Å². The first-order valence-corrected chi connectivity index (χ1v) is 7.84. The molecule has 0 spiro atoms. The summed E-state index contributed by atoms with van der Waals surface area (Å²) >= 11 is 0. The SMILES string of the molecule is O=C(Cn1ncc2ncc(-c3cccc(C(F)F)c3)cc21)C1CC1. The van der Waals surface area contributed by atoms with Gasteiger partial charge in [0.25, 0.3) is 6.43 Å². The molecule has 4 nitrogen and oxygen atoms in total. The number of hydrogen-bond acceptors (Lipinski definition) is 3. The van der Waals surface area contributed by atoms with Crippen molar-refractivity contribution in [2.24, 2.45) is 5.92 Å². The van der Waals surface area contributed by atoms with E-state index >= 15 is 0 Å². The van der Waals surface area contributed by atoms with Gasteiger partial charge in [-0.3, -0.25) is 14.5 Å². The Labute approximate surface area is 137 Å². The average molecular weight is 327 g/mol. The van der Waals surface area contributed by atoms with Crippen LogP contribution < -0.4 is 0 Å². The number of ketones is 1. The number of halogens is 2. The molecule has 24 heavy (non-hydrogen) atoms. The van der Waals surface area contributed by atoms with Gasteiger partial charge in [-0.25, -0.2) is 8.78 Å². The monoisotopic (exact) mass is 327 g/mol. The van der Waals surface area contributed by atoms with Crippen LogP contribution in [0.4, 0.5) is 8.78 Å². The summed E-state index contributed by atoms with van der Waals surface area (Å²) in [5.41, 5.74) is 2.80. The summed E-state index contributed by atoms with van der Waals surface area (Å²) in [6.07, 6.45) is 2.67. The van der Waals surface area contributed by atoms with Gasteiger partial charge in [-0.2, -0.15) is 5.10 Å². The van der Waals surface area contributed by atoms with Crippen LogP contribution in [0.3, 0.4) is 0 Å². The van der Waals surface area contributed by atoms with Crippen molar-refractivity contribution in [3.8, 4) is 11.1 Å². The van der Waals surface area contributed by atoms with Crippen LogP contribution >= 0.6 is 0 Å². The zero-order valence-electron chi connectivity index (χ0n) is 12.8. The van der Waals surface area contributed by atoms with E-state index in [9.17, 15) is 13.6 Å². The molecule has 1 fully saturated rings. The van der Waals surface area contributed by atoms with E-state index in [0.29, 0.717) is 11.1 Å². The van der Waals surface area contributed by atoms with E-state index < -0.39 is 6.43 Å². The Morgan fingerprint density at radius 3 is 2.79 bits per heavy atom. The maximum Gasteiger partial charge on any atom is 0.263 e. The Bertz CT molecular complexity index is 916. The summed E-state index contributed by atoms with van der Waals surface area (Å²) in [6.45, 7) is 0.233. The zero-order chi connectivity index (χ0) is 16.7. The first-order valence-electron chi connectivity index (χ1n) is 7.84. The normalized spacial score (nSPS) is 14.5. The highest BCUT2D eigenvalue weighted by Crippen LogP contribution is 2.31. The number of aromatic nitrogens is 3. The third kappa shape index (κ3) is 2.79. The molecule has 1 aromatic carbocycles. The molecule has 4 rings (SSSR count). The number of rotatable bonds is 5. The molecular formula is C18H15F2N3O. The summed E-state index contributed by atoms with van der Waals surface area (Å²) < 4.78 is 27.4. The van der Waals surface area contributed by atoms with Crippen molar-refractivity contribution in [3.63, 3.8) is 0 Å². The Morgan fingerprint density at radius 1 is 1.21 bits per heavy atom. The standard InChI is InChI=1S/C18H15F2N3O/c19-18(20)13-3-1-2-12(6-13)14-7-16-15(21-8-14)9-22-23(16)10-17(24)11-4-5-11/h1-3,6-9,11,18H,4-5,10H2. The third-order valence-corrected chi connectivity index (χ3v) is 4.31. The molecule has 1 aliphatic rings. The number of Topliss-reactive ketones (excluding diaryl/α,β-unsaturated/α-hetero) is 1. The lowest BCUT2D eigenvalue weighted by Crippen LogP contribution is -2.12. The highest BCUT2D eigenvalue weighted by molar-refractivity contribution is 5.86. The van der Waals surface area contributed by atoms with Crippen molar-refractivity contribution in [3.05, 3.63) is 48.3 Å². The van der Waals surface area contributed by atoms with Crippen LogP contribution in [-0.2, 0) is 11.3 Å². The predicted octanol–water partition coefficient (Wildman–Crippen LogP) is 4.02. The summed E-state index contributed by atoms with van der Waals surface area (Å²) in [4.78, 5) is 16.4. The molecule has 6 heteroatoms. The second kappa shape index (κ2) is 5.78. The summed E-state index contributed by atoms with van der Waals surface area (Å²) in [7, 11) is 0. The van der Waals surface area contributed by atoms with E-state index in [2.05, 4.69) is 10.1 Å². The molecule has 0 saturated heterocycles. The molecule has 0 aliphatic heterocycles. The maximum absolute atomic E-state index is 12.9. The quantitative estimate of drug-likeness (QED) is 0.711. The van der Waals surface area contributed by atoms with E-state index in [0.717, 1.165) is 23.9 Å². The second-order valence-corrected chi connectivity index (χ2v) is 6.10. The summed E-state index contributed by atoms with van der Waals surface area (Å²) in [5, 5.41) is 4.24. The molecule has 0 atom stereocenters. The van der Waals surface area contributed by atoms with E-state index in [1.165, 1.54) is 12.1 Å². The number of carbonyl (C=O) groups excluding carboxylic acids is 1. The van der Waals surface area contributed by atoms with E-state index in [-0.39, 0.29) is 23.8 Å². The molecule has 0 radical (unpaired) electrons. The minimum absolute atomic E-state index is 0.0231. The smallest absolute Gasteiger partial charge is 0.263 e. The lowest BCUT2D eigenvalue weighted by atomic mass is 10.0. The van der Waals surface area contributed by atoms with Crippen molar-refractivity contribution in [1.29, 1.82) is 0 Å². The highest BCUT2D eigenvalue weighted by atomic mass is 19.3. The average Bonchev–Trinajstić information content (AvgIpc) is 3.38. The van der Waals surface area contributed by atoms with Gasteiger partial charge in [-0.1, -0.05) is 18.2 Å². The number of fused-ring (bicyclic) bond motifs is 1. The van der Waals surface area contributed by atoms with Crippen LogP contribution in [0.5, 0.6) is 0 Å². The number of nitrogens with zero attached hydrogens (tertiary/aromatic N) is 3. The van der Waals surface area contributed by atoms with Crippen LogP contribution in [0.1, 0.15) is 24.8 Å². The molecule has 1 aliphatic carbocycles. The molecule has 0 bridgehead atoms. The summed E-state index contributed by atoms with van der Waals surface area (Å²) in [5.74, 6) is 0.355. The van der Waals surface area contributed by atoms with Crippen molar-refractivity contribution >= 4 is 16.8 Å². The fourth-order valence-electron chi connectivity index (χ4n) is 2.78. The van der Waals surface area contributed by atoms with Crippen LogP contribution in [0, 0.1) is 5.92 Å². The van der Waals surface area contributed by atoms with Crippen molar-refractivity contribution < 1.29 is 13.6 Å². The highest BCUT2D eigenvalue weighted by Gasteiger charge is 2.29. The van der Waals surface area contributed by atoms with Crippen molar-refractivity contribution in [1.82, 2.24) is 14.8 Å². The maximum atomic E-state index is 12.9. The Kier molecular flexibility index (Phi) is 3.59. The lowest BCUT2D eigenvalue weighted by Gasteiger charge is -2.06. The molecule has 1 saturated carbocycles. The molecule has 0 unspecified atom stereocenters. The van der Waals surface area contributed by atoms with Crippen LogP contribution in [0.25, 0.3) is 22.2 Å². The molecule has 122 valence electrons.